The number of rotatable bonds is 3. The first-order valence-electron chi connectivity index (χ1n) is 5.35. The van der Waals surface area contributed by atoms with Crippen LogP contribution in [0.3, 0.4) is 0 Å². The molecule has 0 aliphatic heterocycles. The molecule has 82 valence electrons. The first kappa shape index (κ1) is 11.1. The SMILES string of the molecule is CNC(c1cccc(F)c1Br)C1CCC1. The Morgan fingerprint density at radius 2 is 2.20 bits per heavy atom. The lowest BCUT2D eigenvalue weighted by Gasteiger charge is -2.34. The first-order chi connectivity index (χ1) is 7.24. The van der Waals surface area contributed by atoms with E-state index < -0.39 is 0 Å². The van der Waals surface area contributed by atoms with Gasteiger partial charge in [-0.1, -0.05) is 18.6 Å². The molecule has 1 unspecified atom stereocenters. The summed E-state index contributed by atoms with van der Waals surface area (Å²) in [5.74, 6) is 0.486. The fraction of sp³-hybridized carbons (Fsp3) is 0.500. The average Bonchev–Trinajstić information content (AvgIpc) is 2.16. The van der Waals surface area contributed by atoms with Gasteiger partial charge in [0.1, 0.15) is 5.82 Å². The van der Waals surface area contributed by atoms with Crippen molar-refractivity contribution in [3.05, 3.63) is 34.1 Å². The molecule has 0 saturated heterocycles. The second kappa shape index (κ2) is 4.62. The molecule has 1 aliphatic rings. The highest BCUT2D eigenvalue weighted by Gasteiger charge is 2.28. The molecule has 1 N–H and O–H groups in total. The summed E-state index contributed by atoms with van der Waals surface area (Å²) in [5.41, 5.74) is 1.04. The fourth-order valence-electron chi connectivity index (χ4n) is 2.18. The van der Waals surface area contributed by atoms with Crippen LogP contribution in [0.4, 0.5) is 4.39 Å². The van der Waals surface area contributed by atoms with Crippen molar-refractivity contribution in [1.82, 2.24) is 5.32 Å². The second-order valence-electron chi connectivity index (χ2n) is 4.10. The van der Waals surface area contributed by atoms with Crippen LogP contribution in [0.25, 0.3) is 0 Å². The van der Waals surface area contributed by atoms with Crippen molar-refractivity contribution in [2.75, 3.05) is 7.05 Å². The molecule has 1 aliphatic carbocycles. The zero-order valence-electron chi connectivity index (χ0n) is 8.76. The van der Waals surface area contributed by atoms with E-state index in [-0.39, 0.29) is 11.9 Å². The van der Waals surface area contributed by atoms with Gasteiger partial charge in [-0.05, 0) is 53.4 Å². The Bertz CT molecular complexity index is 349. The summed E-state index contributed by atoms with van der Waals surface area (Å²) < 4.78 is 14.0. The van der Waals surface area contributed by atoms with Crippen LogP contribution in [0, 0.1) is 11.7 Å². The molecule has 1 aromatic rings. The largest absolute Gasteiger partial charge is 0.313 e. The van der Waals surface area contributed by atoms with E-state index in [9.17, 15) is 4.39 Å². The van der Waals surface area contributed by atoms with Crippen LogP contribution in [0.5, 0.6) is 0 Å². The van der Waals surface area contributed by atoms with Crippen LogP contribution < -0.4 is 5.32 Å². The van der Waals surface area contributed by atoms with Crippen LogP contribution in [0.2, 0.25) is 0 Å². The summed E-state index contributed by atoms with van der Waals surface area (Å²) in [7, 11) is 1.94. The van der Waals surface area contributed by atoms with Gasteiger partial charge >= 0.3 is 0 Å². The molecule has 0 bridgehead atoms. The Balaban J connectivity index is 2.29. The molecular formula is C12H15BrFN. The molecule has 1 atom stereocenters. The zero-order chi connectivity index (χ0) is 10.8. The fourth-order valence-corrected chi connectivity index (χ4v) is 2.69. The van der Waals surface area contributed by atoms with Gasteiger partial charge in [0.05, 0.1) is 4.47 Å². The normalized spacial score (nSPS) is 18.6. The lowest BCUT2D eigenvalue weighted by Crippen LogP contribution is -2.30. The van der Waals surface area contributed by atoms with Gasteiger partial charge in [0.15, 0.2) is 0 Å². The third-order valence-corrected chi connectivity index (χ3v) is 4.09. The maximum absolute atomic E-state index is 13.4. The molecule has 1 saturated carbocycles. The van der Waals surface area contributed by atoms with Gasteiger partial charge in [0.2, 0.25) is 0 Å². The maximum Gasteiger partial charge on any atom is 0.137 e. The lowest BCUT2D eigenvalue weighted by atomic mass is 9.77. The van der Waals surface area contributed by atoms with E-state index in [2.05, 4.69) is 21.2 Å². The Labute approximate surface area is 98.2 Å². The Kier molecular flexibility index (Phi) is 3.42. The summed E-state index contributed by atoms with van der Waals surface area (Å²) >= 11 is 3.33. The number of hydrogen-bond donors (Lipinski definition) is 1. The summed E-state index contributed by atoms with van der Waals surface area (Å²) in [4.78, 5) is 0. The van der Waals surface area contributed by atoms with Crippen LogP contribution in [-0.2, 0) is 0 Å². The summed E-state index contributed by atoms with van der Waals surface area (Å²) in [6, 6.07) is 5.54. The molecule has 0 spiro atoms. The minimum Gasteiger partial charge on any atom is -0.313 e. The topological polar surface area (TPSA) is 12.0 Å². The number of halogens is 2. The monoisotopic (exact) mass is 271 g/mol. The first-order valence-corrected chi connectivity index (χ1v) is 6.14. The third-order valence-electron chi connectivity index (χ3n) is 3.25. The molecule has 0 heterocycles. The van der Waals surface area contributed by atoms with E-state index in [1.807, 2.05) is 13.1 Å². The molecule has 3 heteroatoms. The van der Waals surface area contributed by atoms with Gasteiger partial charge < -0.3 is 5.32 Å². The number of hydrogen-bond acceptors (Lipinski definition) is 1. The maximum atomic E-state index is 13.4. The van der Waals surface area contributed by atoms with Gasteiger partial charge in [-0.3, -0.25) is 0 Å². The van der Waals surface area contributed by atoms with Crippen LogP contribution >= 0.6 is 15.9 Å². The van der Waals surface area contributed by atoms with Gasteiger partial charge in [-0.15, -0.1) is 0 Å². The molecule has 1 nitrogen and oxygen atoms in total. The third kappa shape index (κ3) is 2.08. The lowest BCUT2D eigenvalue weighted by molar-refractivity contribution is 0.238. The van der Waals surface area contributed by atoms with E-state index in [1.54, 1.807) is 6.07 Å². The van der Waals surface area contributed by atoms with E-state index in [4.69, 9.17) is 0 Å². The average molecular weight is 272 g/mol. The van der Waals surface area contributed by atoms with Crippen molar-refractivity contribution < 1.29 is 4.39 Å². The van der Waals surface area contributed by atoms with Crippen LogP contribution in [0.15, 0.2) is 22.7 Å². The number of benzene rings is 1. The van der Waals surface area contributed by atoms with Crippen molar-refractivity contribution in [2.24, 2.45) is 5.92 Å². The van der Waals surface area contributed by atoms with Crippen molar-refractivity contribution >= 4 is 15.9 Å². The van der Waals surface area contributed by atoms with Crippen molar-refractivity contribution in [3.63, 3.8) is 0 Å². The molecule has 2 rings (SSSR count). The van der Waals surface area contributed by atoms with Crippen molar-refractivity contribution in [1.29, 1.82) is 0 Å². The Morgan fingerprint density at radius 1 is 1.47 bits per heavy atom. The van der Waals surface area contributed by atoms with E-state index >= 15 is 0 Å². The molecule has 1 fully saturated rings. The van der Waals surface area contributed by atoms with E-state index in [1.165, 1.54) is 25.3 Å². The molecule has 15 heavy (non-hydrogen) atoms. The van der Waals surface area contributed by atoms with E-state index in [0.717, 1.165) is 5.56 Å². The van der Waals surface area contributed by atoms with Crippen LogP contribution in [-0.4, -0.2) is 7.05 Å². The Hall–Kier alpha value is -0.410. The highest BCUT2D eigenvalue weighted by molar-refractivity contribution is 9.10. The summed E-state index contributed by atoms with van der Waals surface area (Å²) in [6.07, 6.45) is 3.79. The molecular weight excluding hydrogens is 257 g/mol. The second-order valence-corrected chi connectivity index (χ2v) is 4.89. The standard InChI is InChI=1S/C12H15BrFN/c1-15-12(8-4-2-5-8)9-6-3-7-10(14)11(9)13/h3,6-8,12,15H,2,4-5H2,1H3. The van der Waals surface area contributed by atoms with E-state index in [0.29, 0.717) is 10.4 Å². The summed E-state index contributed by atoms with van der Waals surface area (Å²) in [6.45, 7) is 0. The van der Waals surface area contributed by atoms with Gasteiger partial charge in [-0.25, -0.2) is 4.39 Å². The minimum absolute atomic E-state index is 0.174. The zero-order valence-corrected chi connectivity index (χ0v) is 10.3. The quantitative estimate of drug-likeness (QED) is 0.885. The van der Waals surface area contributed by atoms with Gasteiger partial charge in [0, 0.05) is 6.04 Å². The van der Waals surface area contributed by atoms with Crippen molar-refractivity contribution in [3.8, 4) is 0 Å². The minimum atomic E-state index is -0.174. The summed E-state index contributed by atoms with van der Waals surface area (Å²) in [5, 5.41) is 3.29. The Morgan fingerprint density at radius 3 is 2.73 bits per heavy atom. The molecule has 0 aromatic heterocycles. The predicted octanol–water partition coefficient (Wildman–Crippen LogP) is 3.65. The smallest absolute Gasteiger partial charge is 0.137 e. The van der Waals surface area contributed by atoms with Gasteiger partial charge in [-0.2, -0.15) is 0 Å². The number of nitrogens with one attached hydrogen (secondary N) is 1. The van der Waals surface area contributed by atoms with Gasteiger partial charge in [0.25, 0.3) is 0 Å². The molecule has 1 aromatic carbocycles. The molecule has 0 amide bonds. The highest BCUT2D eigenvalue weighted by atomic mass is 79.9. The highest BCUT2D eigenvalue weighted by Crippen LogP contribution is 2.40. The molecule has 0 radical (unpaired) electrons. The predicted molar refractivity (Wildman–Crippen MR) is 63.2 cm³/mol. The van der Waals surface area contributed by atoms with Crippen molar-refractivity contribution in [2.45, 2.75) is 25.3 Å². The van der Waals surface area contributed by atoms with Crippen LogP contribution in [0.1, 0.15) is 30.9 Å².